The molecule has 1 aromatic heterocycles. The van der Waals surface area contributed by atoms with Crippen LogP contribution in [0.4, 0.5) is 43.4 Å². The van der Waals surface area contributed by atoms with Crippen molar-refractivity contribution in [2.45, 2.75) is 47.8 Å². The van der Waals surface area contributed by atoms with Gasteiger partial charge in [0, 0.05) is 85.5 Å². The number of aromatic nitrogens is 3. The number of ether oxygens (including phenoxy) is 1. The van der Waals surface area contributed by atoms with E-state index in [9.17, 15) is 30.4 Å². The Labute approximate surface area is 370 Å². The van der Waals surface area contributed by atoms with Gasteiger partial charge in [-0.05, 0) is 49.2 Å². The highest BCUT2D eigenvalue weighted by Gasteiger charge is 2.38. The van der Waals surface area contributed by atoms with Crippen LogP contribution < -0.4 is 30.5 Å². The fraction of sp³-hybridized carbons (Fsp3) is 0.429. The Morgan fingerprint density at radius 3 is 1.86 bits per heavy atom. The van der Waals surface area contributed by atoms with Gasteiger partial charge in [0.15, 0.2) is 6.61 Å². The average molecular weight is 977 g/mol. The monoisotopic (exact) mass is 976 g/mol. The van der Waals surface area contributed by atoms with Crippen molar-refractivity contribution in [3.05, 3.63) is 48.5 Å². The van der Waals surface area contributed by atoms with E-state index in [1.165, 1.54) is 98.1 Å². The van der Waals surface area contributed by atoms with Crippen molar-refractivity contribution < 1.29 is 66.8 Å². The number of nitrogens with two attached hydrogens (primary N) is 1. The summed E-state index contributed by atoms with van der Waals surface area (Å²) in [4.78, 5) is 23.0. The molecule has 0 aliphatic carbocycles. The first-order valence-corrected chi connectivity index (χ1v) is 25.7. The number of carbonyl (C=O) groups is 1. The number of nitrogen functional groups attached to an aromatic ring is 1. The number of alkyl halides is 2. The molecule has 0 fully saturated rings. The largest absolute Gasteiger partial charge is 0.500 e. The quantitative estimate of drug-likeness (QED) is 0.0296. The number of nitrogens with zero attached hydrogens (tertiary/aromatic N) is 5. The normalized spacial score (nSPS) is 12.8. The van der Waals surface area contributed by atoms with Crippen LogP contribution in [0.3, 0.4) is 0 Å². The Bertz CT molecular complexity index is 2490. The second-order valence-electron chi connectivity index (χ2n) is 13.4. The minimum absolute atomic E-state index is 0.00644. The number of azo groups is 1. The maximum atomic E-state index is 14.0. The second-order valence-corrected chi connectivity index (χ2v) is 23.0. The molecule has 0 atom stereocenters. The smallest absolute Gasteiger partial charge is 0.454 e. The van der Waals surface area contributed by atoms with Crippen LogP contribution in [0.5, 0.6) is 6.01 Å². The van der Waals surface area contributed by atoms with Gasteiger partial charge in [0.2, 0.25) is 37.9 Å². The van der Waals surface area contributed by atoms with E-state index in [4.69, 9.17) is 42.1 Å². The van der Waals surface area contributed by atoms with Gasteiger partial charge in [-0.15, -0.1) is 0 Å². The summed E-state index contributed by atoms with van der Waals surface area (Å²) in [7, 11) is -6.05. The van der Waals surface area contributed by atoms with Gasteiger partial charge in [0.05, 0.1) is 32.5 Å². The van der Waals surface area contributed by atoms with Gasteiger partial charge in [-0.1, -0.05) is 12.1 Å². The molecule has 4 aromatic rings. The van der Waals surface area contributed by atoms with Crippen LogP contribution in [0.1, 0.15) is 19.8 Å². The Morgan fingerprint density at radius 1 is 0.750 bits per heavy atom. The van der Waals surface area contributed by atoms with Crippen LogP contribution in [0.25, 0.3) is 10.8 Å². The zero-order chi connectivity index (χ0) is 47.3. The molecule has 0 unspecified atom stereocenters. The van der Waals surface area contributed by atoms with Crippen molar-refractivity contribution in [1.82, 2.24) is 24.4 Å². The van der Waals surface area contributed by atoms with E-state index in [-0.39, 0.29) is 81.2 Å². The number of rotatable bonds is 26. The van der Waals surface area contributed by atoms with E-state index < -0.39 is 68.2 Å². The van der Waals surface area contributed by atoms with Crippen molar-refractivity contribution in [2.75, 3.05) is 78.7 Å². The lowest BCUT2D eigenvalue weighted by Crippen LogP contribution is -2.43. The molecule has 0 spiro atoms. The van der Waals surface area contributed by atoms with E-state index in [1.54, 1.807) is 0 Å². The molecule has 352 valence electrons. The first-order chi connectivity index (χ1) is 30.2. The molecule has 0 saturated heterocycles. The number of carbonyl (C=O) groups excluding carboxylic acids is 1. The maximum Gasteiger partial charge on any atom is 0.500 e. The lowest BCUT2D eigenvalue weighted by molar-refractivity contribution is -0.217. The molecular weight excluding hydrogens is 927 g/mol. The van der Waals surface area contributed by atoms with Crippen LogP contribution in [0, 0.1) is 0 Å². The number of aliphatic hydroxyl groups is 1. The highest BCUT2D eigenvalue weighted by molar-refractivity contribution is 7.90. The number of sulfonamides is 2. The zero-order valence-electron chi connectivity index (χ0n) is 35.8. The predicted molar refractivity (Wildman–Crippen MR) is 232 cm³/mol. The maximum absolute atomic E-state index is 14.0. The molecule has 7 N–H and O–H groups in total. The third-order valence-electron chi connectivity index (χ3n) is 9.10. The molecular formula is C35H50F2N10O13S2Si2. The van der Waals surface area contributed by atoms with Crippen LogP contribution in [0.2, 0.25) is 12.1 Å². The molecule has 3 aromatic carbocycles. The molecule has 64 heavy (non-hydrogen) atoms. The summed E-state index contributed by atoms with van der Waals surface area (Å²) in [6.07, 6.45) is -3.63. The molecule has 1 heterocycles. The minimum atomic E-state index is -4.36. The van der Waals surface area contributed by atoms with E-state index in [2.05, 4.69) is 45.3 Å². The summed E-state index contributed by atoms with van der Waals surface area (Å²) >= 11 is 0. The van der Waals surface area contributed by atoms with Gasteiger partial charge < -0.3 is 52.8 Å². The van der Waals surface area contributed by atoms with Gasteiger partial charge in [0.25, 0.3) is 0 Å². The molecule has 0 radical (unpaired) electrons. The standard InChI is InChI=1S/C35H50F2N10O13S2Si2/c1-23(48)41-29-20-24(13-14-28(29)42-33-43-32(38)44-34(45-33)60-22-35(36,37)49)46-47-25-19-27-26(31(21-25)62(52,53)40-16-10-18-64(57-5,58-6)59-7)11-8-12-30(27)61(50,51)39-15-9-17-63(54-2,55-3)56-4/h8,11-14,19-21,39-40,49H,9-10,15-18,22H2,1-7H3,(H,41,48)(H3,38,42,43,44,45). The number of fused-ring (bicyclic) bond motifs is 1. The third kappa shape index (κ3) is 14.1. The molecule has 29 heteroatoms. The van der Waals surface area contributed by atoms with Crippen molar-refractivity contribution in [3.8, 4) is 6.01 Å². The van der Waals surface area contributed by atoms with Gasteiger partial charge in [-0.2, -0.15) is 34.0 Å². The van der Waals surface area contributed by atoms with Crippen LogP contribution in [-0.4, -0.2) is 129 Å². The number of hydrogen-bond acceptors (Lipinski definition) is 20. The van der Waals surface area contributed by atoms with Gasteiger partial charge in [-0.25, -0.2) is 26.3 Å². The van der Waals surface area contributed by atoms with Crippen molar-refractivity contribution >= 4 is 89.0 Å². The van der Waals surface area contributed by atoms with Gasteiger partial charge in [-0.3, -0.25) is 4.79 Å². The van der Waals surface area contributed by atoms with E-state index in [1.807, 2.05) is 0 Å². The predicted octanol–water partition coefficient (Wildman–Crippen LogP) is 3.78. The fourth-order valence-electron chi connectivity index (χ4n) is 5.99. The first kappa shape index (κ1) is 51.9. The fourth-order valence-corrected chi connectivity index (χ4v) is 12.0. The Morgan fingerprint density at radius 2 is 1.31 bits per heavy atom. The Balaban J connectivity index is 1.74. The topological polar surface area (TPSA) is 308 Å². The van der Waals surface area contributed by atoms with E-state index in [0.717, 1.165) is 0 Å². The highest BCUT2D eigenvalue weighted by atomic mass is 32.2. The zero-order valence-corrected chi connectivity index (χ0v) is 39.4. The summed E-state index contributed by atoms with van der Waals surface area (Å²) in [5, 5.41) is 22.7. The molecule has 0 aliphatic heterocycles. The third-order valence-corrected chi connectivity index (χ3v) is 17.8. The SMILES string of the molecule is CO[Si](CCCNS(=O)(=O)c1cc(N=Nc2ccc(Nc3nc(N)nc(OCC(O)(F)F)n3)c(NC(C)=O)c2)cc2c(S(=O)(=O)NCCC[Si](OC)(OC)OC)cccc12)(OC)OC. The summed E-state index contributed by atoms with van der Waals surface area (Å²) < 4.78 is 124. The summed E-state index contributed by atoms with van der Waals surface area (Å²) in [6, 6.07) is 11.0. The van der Waals surface area contributed by atoms with E-state index >= 15 is 0 Å². The molecule has 23 nitrogen and oxygen atoms in total. The number of amides is 1. The van der Waals surface area contributed by atoms with Crippen molar-refractivity contribution in [3.63, 3.8) is 0 Å². The van der Waals surface area contributed by atoms with Crippen molar-refractivity contribution in [2.24, 2.45) is 10.2 Å². The van der Waals surface area contributed by atoms with Crippen molar-refractivity contribution in [1.29, 1.82) is 0 Å². The van der Waals surface area contributed by atoms with Gasteiger partial charge >= 0.3 is 29.7 Å². The number of benzene rings is 3. The molecule has 0 saturated carbocycles. The van der Waals surface area contributed by atoms with Gasteiger partial charge in [0.1, 0.15) is 0 Å². The van der Waals surface area contributed by atoms with Crippen LogP contribution in [-0.2, 0) is 51.4 Å². The summed E-state index contributed by atoms with van der Waals surface area (Å²) in [6.45, 7) is -0.343. The first-order valence-electron chi connectivity index (χ1n) is 18.9. The molecule has 4 rings (SSSR count). The highest BCUT2D eigenvalue weighted by Crippen LogP contribution is 2.35. The molecule has 0 aliphatic rings. The number of anilines is 4. The Kier molecular flexibility index (Phi) is 18.2. The second kappa shape index (κ2) is 22.4. The molecule has 0 bridgehead atoms. The average Bonchev–Trinajstić information content (AvgIpc) is 3.25. The van der Waals surface area contributed by atoms with Crippen LogP contribution >= 0.6 is 0 Å². The van der Waals surface area contributed by atoms with E-state index in [0.29, 0.717) is 6.04 Å². The lowest BCUT2D eigenvalue weighted by atomic mass is 10.1. The number of halogens is 2. The Hall–Kier alpha value is -4.77. The number of hydrogen-bond donors (Lipinski definition) is 6. The van der Waals surface area contributed by atoms with Crippen LogP contribution in [0.15, 0.2) is 68.6 Å². The minimum Gasteiger partial charge on any atom is -0.454 e. The molecule has 1 amide bonds. The summed E-state index contributed by atoms with van der Waals surface area (Å²) in [5.74, 6) is -1.22. The lowest BCUT2D eigenvalue weighted by Gasteiger charge is -2.24. The number of nitrogens with one attached hydrogen (secondary N) is 4. The summed E-state index contributed by atoms with van der Waals surface area (Å²) in [5.41, 5.74) is 5.99.